The Bertz CT molecular complexity index is 588. The highest BCUT2D eigenvalue weighted by Crippen LogP contribution is 2.32. The number of hydrogen-bond acceptors (Lipinski definition) is 4. The zero-order valence-corrected chi connectivity index (χ0v) is 13.2. The highest BCUT2D eigenvalue weighted by Gasteiger charge is 2.42. The van der Waals surface area contributed by atoms with Crippen molar-refractivity contribution >= 4 is 17.7 Å². The van der Waals surface area contributed by atoms with Crippen molar-refractivity contribution in [1.82, 2.24) is 10.2 Å². The van der Waals surface area contributed by atoms with Crippen molar-refractivity contribution in [3.63, 3.8) is 0 Å². The van der Waals surface area contributed by atoms with Gasteiger partial charge in [-0.15, -0.1) is 0 Å². The van der Waals surface area contributed by atoms with Gasteiger partial charge in [0.25, 0.3) is 5.91 Å². The van der Waals surface area contributed by atoms with E-state index < -0.39 is 24.0 Å². The summed E-state index contributed by atoms with van der Waals surface area (Å²) in [6.45, 7) is 3.33. The third-order valence-corrected chi connectivity index (χ3v) is 3.65. The normalized spacial score (nSPS) is 21.3. The van der Waals surface area contributed by atoms with Gasteiger partial charge in [-0.25, -0.2) is 0 Å². The van der Waals surface area contributed by atoms with E-state index in [1.54, 1.807) is 4.90 Å². The van der Waals surface area contributed by atoms with Gasteiger partial charge < -0.3 is 20.7 Å². The molecule has 124 valence electrons. The molecule has 1 heterocycles. The van der Waals surface area contributed by atoms with Crippen molar-refractivity contribution in [3.05, 3.63) is 35.9 Å². The van der Waals surface area contributed by atoms with Crippen molar-refractivity contribution in [1.29, 1.82) is 0 Å². The number of nitrogens with one attached hydrogen (secondary N) is 1. The molecule has 2 atom stereocenters. The number of amides is 3. The van der Waals surface area contributed by atoms with Gasteiger partial charge in [-0.3, -0.25) is 14.4 Å². The fraction of sp³-hybridized carbons (Fsp3) is 0.438. The first kappa shape index (κ1) is 17.0. The number of ether oxygens (including phenoxy) is 1. The number of carbonyl (C=O) groups excluding carboxylic acids is 3. The van der Waals surface area contributed by atoms with Crippen LogP contribution in [0, 0.1) is 0 Å². The molecule has 0 unspecified atom stereocenters. The molecule has 0 spiro atoms. The molecule has 1 aliphatic heterocycles. The average molecular weight is 319 g/mol. The summed E-state index contributed by atoms with van der Waals surface area (Å²) < 4.78 is 5.48. The standard InChI is InChI=1S/C16H21N3O4/c1-10(2)19-13(21)9-23-15(16(22)18-8-12(17)20)14(19)11-6-4-3-5-7-11/h3-7,10,14-15H,8-9H2,1-2H3,(H2,17,20)(H,18,22)/t14-,15+/m1/s1. The van der Waals surface area contributed by atoms with E-state index in [2.05, 4.69) is 5.32 Å². The zero-order valence-electron chi connectivity index (χ0n) is 13.2. The molecule has 0 bridgehead atoms. The Morgan fingerprint density at radius 1 is 1.35 bits per heavy atom. The van der Waals surface area contributed by atoms with E-state index >= 15 is 0 Å². The minimum absolute atomic E-state index is 0.0944. The molecule has 0 aliphatic carbocycles. The highest BCUT2D eigenvalue weighted by molar-refractivity contribution is 5.89. The summed E-state index contributed by atoms with van der Waals surface area (Å²) in [6, 6.07) is 8.58. The lowest BCUT2D eigenvalue weighted by Gasteiger charge is -2.42. The maximum atomic E-state index is 12.4. The van der Waals surface area contributed by atoms with Gasteiger partial charge in [0, 0.05) is 6.04 Å². The summed E-state index contributed by atoms with van der Waals surface area (Å²) in [5.74, 6) is -1.27. The first-order chi connectivity index (χ1) is 10.9. The maximum absolute atomic E-state index is 12.4. The van der Waals surface area contributed by atoms with Crippen molar-refractivity contribution in [2.45, 2.75) is 32.0 Å². The molecular weight excluding hydrogens is 298 g/mol. The van der Waals surface area contributed by atoms with E-state index in [0.717, 1.165) is 5.56 Å². The molecule has 0 radical (unpaired) electrons. The van der Waals surface area contributed by atoms with Crippen LogP contribution >= 0.6 is 0 Å². The average Bonchev–Trinajstić information content (AvgIpc) is 2.52. The molecule has 1 aromatic rings. The van der Waals surface area contributed by atoms with Crippen LogP contribution in [0.4, 0.5) is 0 Å². The number of hydrogen-bond donors (Lipinski definition) is 2. The van der Waals surface area contributed by atoms with Gasteiger partial charge in [-0.2, -0.15) is 0 Å². The Kier molecular flexibility index (Phi) is 5.33. The van der Waals surface area contributed by atoms with E-state index in [1.165, 1.54) is 0 Å². The van der Waals surface area contributed by atoms with Crippen LogP contribution in [0.15, 0.2) is 30.3 Å². The molecule has 0 aromatic heterocycles. The number of rotatable bonds is 5. The van der Waals surface area contributed by atoms with Crippen molar-refractivity contribution in [2.75, 3.05) is 13.2 Å². The first-order valence-corrected chi connectivity index (χ1v) is 7.45. The molecule has 0 saturated carbocycles. The second-order valence-electron chi connectivity index (χ2n) is 5.67. The van der Waals surface area contributed by atoms with Crippen LogP contribution in [0.3, 0.4) is 0 Å². The van der Waals surface area contributed by atoms with Gasteiger partial charge in [0.05, 0.1) is 12.6 Å². The first-order valence-electron chi connectivity index (χ1n) is 7.45. The van der Waals surface area contributed by atoms with E-state index in [1.807, 2.05) is 44.2 Å². The Morgan fingerprint density at radius 2 is 2.00 bits per heavy atom. The van der Waals surface area contributed by atoms with Crippen LogP contribution in [0.2, 0.25) is 0 Å². The summed E-state index contributed by atoms with van der Waals surface area (Å²) >= 11 is 0. The van der Waals surface area contributed by atoms with Gasteiger partial charge in [0.15, 0.2) is 6.10 Å². The Balaban J connectivity index is 2.33. The molecule has 3 amide bonds. The maximum Gasteiger partial charge on any atom is 0.252 e. The second kappa shape index (κ2) is 7.23. The van der Waals surface area contributed by atoms with Gasteiger partial charge >= 0.3 is 0 Å². The van der Waals surface area contributed by atoms with Gasteiger partial charge in [-0.05, 0) is 19.4 Å². The molecule has 2 rings (SSSR count). The number of nitrogens with zero attached hydrogens (tertiary/aromatic N) is 1. The minimum Gasteiger partial charge on any atom is -0.368 e. The minimum atomic E-state index is -0.892. The third kappa shape index (κ3) is 3.87. The molecule has 23 heavy (non-hydrogen) atoms. The van der Waals surface area contributed by atoms with Crippen molar-refractivity contribution in [2.24, 2.45) is 5.73 Å². The Labute approximate surface area is 134 Å². The van der Waals surface area contributed by atoms with Crippen LogP contribution in [-0.4, -0.2) is 47.9 Å². The van der Waals surface area contributed by atoms with Crippen molar-refractivity contribution in [3.8, 4) is 0 Å². The predicted octanol–water partition coefficient (Wildman–Crippen LogP) is -0.0350. The lowest BCUT2D eigenvalue weighted by atomic mass is 9.96. The van der Waals surface area contributed by atoms with Crippen LogP contribution < -0.4 is 11.1 Å². The van der Waals surface area contributed by atoms with Crippen LogP contribution in [0.1, 0.15) is 25.5 Å². The largest absolute Gasteiger partial charge is 0.368 e. The number of primary amides is 1. The van der Waals surface area contributed by atoms with Gasteiger partial charge in [0.1, 0.15) is 6.61 Å². The molecule has 1 aromatic carbocycles. The van der Waals surface area contributed by atoms with Crippen molar-refractivity contribution < 1.29 is 19.1 Å². The zero-order chi connectivity index (χ0) is 17.0. The molecule has 7 heteroatoms. The number of nitrogens with two attached hydrogens (primary N) is 1. The SMILES string of the molecule is CC(C)N1C(=O)CO[C@H](C(=O)NCC(N)=O)[C@H]1c1ccccc1. The van der Waals surface area contributed by atoms with Crippen LogP contribution in [0.25, 0.3) is 0 Å². The summed E-state index contributed by atoms with van der Waals surface area (Å²) in [4.78, 5) is 37.1. The van der Waals surface area contributed by atoms with E-state index in [9.17, 15) is 14.4 Å². The van der Waals surface area contributed by atoms with E-state index in [0.29, 0.717) is 0 Å². The summed E-state index contributed by atoms with van der Waals surface area (Å²) in [5.41, 5.74) is 5.85. The Morgan fingerprint density at radius 3 is 2.57 bits per heavy atom. The molecule has 3 N–H and O–H groups in total. The molecular formula is C16H21N3O4. The fourth-order valence-corrected chi connectivity index (χ4v) is 2.72. The summed E-state index contributed by atoms with van der Waals surface area (Å²) in [6.07, 6.45) is -0.892. The number of benzene rings is 1. The van der Waals surface area contributed by atoms with E-state index in [4.69, 9.17) is 10.5 Å². The molecule has 7 nitrogen and oxygen atoms in total. The highest BCUT2D eigenvalue weighted by atomic mass is 16.5. The van der Waals surface area contributed by atoms with E-state index in [-0.39, 0.29) is 25.1 Å². The smallest absolute Gasteiger partial charge is 0.252 e. The molecule has 1 saturated heterocycles. The number of morpholine rings is 1. The summed E-state index contributed by atoms with van der Waals surface area (Å²) in [5, 5.41) is 2.45. The number of carbonyl (C=O) groups is 3. The third-order valence-electron chi connectivity index (χ3n) is 3.65. The second-order valence-corrected chi connectivity index (χ2v) is 5.67. The van der Waals surface area contributed by atoms with Gasteiger partial charge in [0.2, 0.25) is 11.8 Å². The van der Waals surface area contributed by atoms with Gasteiger partial charge in [-0.1, -0.05) is 30.3 Å². The summed E-state index contributed by atoms with van der Waals surface area (Å²) in [7, 11) is 0. The Hall–Kier alpha value is -2.41. The lowest BCUT2D eigenvalue weighted by molar-refractivity contribution is -0.167. The monoisotopic (exact) mass is 319 g/mol. The van der Waals surface area contributed by atoms with Crippen LogP contribution in [-0.2, 0) is 19.1 Å². The lowest BCUT2D eigenvalue weighted by Crippen LogP contribution is -2.56. The molecule has 1 fully saturated rings. The topological polar surface area (TPSA) is 102 Å². The fourth-order valence-electron chi connectivity index (χ4n) is 2.72. The quantitative estimate of drug-likeness (QED) is 0.795. The molecule has 1 aliphatic rings. The van der Waals surface area contributed by atoms with Crippen LogP contribution in [0.5, 0.6) is 0 Å². The predicted molar refractivity (Wildman–Crippen MR) is 83.1 cm³/mol.